The van der Waals surface area contributed by atoms with E-state index in [-0.39, 0.29) is 5.56 Å². The van der Waals surface area contributed by atoms with Crippen molar-refractivity contribution in [2.75, 3.05) is 26.6 Å². The Bertz CT molecular complexity index is 1160. The van der Waals surface area contributed by atoms with Crippen molar-refractivity contribution in [2.45, 2.75) is 6.92 Å². The lowest BCUT2D eigenvalue weighted by Gasteiger charge is -2.13. The topological polar surface area (TPSA) is 93.5 Å². The molecule has 1 N–H and O–H groups in total. The van der Waals surface area contributed by atoms with Gasteiger partial charge in [-0.15, -0.1) is 11.3 Å². The Balaban J connectivity index is 1.93. The largest absolute Gasteiger partial charge is 0.493 e. The number of ether oxygens (including phenoxy) is 3. The highest BCUT2D eigenvalue weighted by Crippen LogP contribution is 2.34. The maximum Gasteiger partial charge on any atom is 0.340 e. The van der Waals surface area contributed by atoms with E-state index in [1.807, 2.05) is 36.6 Å². The molecule has 0 fully saturated rings. The molecule has 0 aliphatic rings. The van der Waals surface area contributed by atoms with Gasteiger partial charge in [0.15, 0.2) is 11.5 Å². The van der Waals surface area contributed by atoms with E-state index in [1.54, 1.807) is 6.07 Å². The third kappa shape index (κ3) is 4.85. The van der Waals surface area contributed by atoms with Crippen LogP contribution in [-0.2, 0) is 4.74 Å². The van der Waals surface area contributed by atoms with Gasteiger partial charge in [-0.05, 0) is 6.92 Å². The summed E-state index contributed by atoms with van der Waals surface area (Å²) in [6.45, 7) is 2.02. The summed E-state index contributed by atoms with van der Waals surface area (Å²) >= 11 is 1.37. The van der Waals surface area contributed by atoms with Gasteiger partial charge in [0, 0.05) is 29.3 Å². The van der Waals surface area contributed by atoms with Crippen LogP contribution in [0.25, 0.3) is 16.8 Å². The Labute approximate surface area is 184 Å². The molecule has 1 heterocycles. The number of nitriles is 1. The predicted molar refractivity (Wildman–Crippen MR) is 120 cm³/mol. The molecule has 1 aromatic heterocycles. The lowest BCUT2D eigenvalue weighted by atomic mass is 10.1. The van der Waals surface area contributed by atoms with Gasteiger partial charge in [0.2, 0.25) is 0 Å². The van der Waals surface area contributed by atoms with Crippen LogP contribution < -0.4 is 14.8 Å². The highest BCUT2D eigenvalue weighted by Gasteiger charge is 2.17. The maximum absolute atomic E-state index is 12.2. The van der Waals surface area contributed by atoms with Crippen molar-refractivity contribution in [3.8, 4) is 28.8 Å². The van der Waals surface area contributed by atoms with Gasteiger partial charge in [-0.25, -0.2) is 9.78 Å². The van der Waals surface area contributed by atoms with E-state index in [9.17, 15) is 10.1 Å². The number of anilines is 1. The molecule has 0 aliphatic carbocycles. The summed E-state index contributed by atoms with van der Waals surface area (Å²) < 4.78 is 15.4. The number of nitrogens with zero attached hydrogens (tertiary/aromatic N) is 2. The normalized spacial score (nSPS) is 10.9. The molecule has 31 heavy (non-hydrogen) atoms. The van der Waals surface area contributed by atoms with Crippen molar-refractivity contribution >= 4 is 28.6 Å². The number of hydrogen-bond donors (Lipinski definition) is 1. The first kappa shape index (κ1) is 21.9. The third-order valence-corrected chi connectivity index (χ3v) is 5.38. The average molecular weight is 436 g/mol. The molecular weight excluding hydrogens is 414 g/mol. The summed E-state index contributed by atoms with van der Waals surface area (Å²) in [6.07, 6.45) is 1.51. The highest BCUT2D eigenvalue weighted by atomic mass is 32.1. The summed E-state index contributed by atoms with van der Waals surface area (Å²) in [7, 11) is 4.27. The zero-order valence-corrected chi connectivity index (χ0v) is 18.4. The maximum atomic E-state index is 12.2. The molecule has 3 aromatic rings. The summed E-state index contributed by atoms with van der Waals surface area (Å²) in [6, 6.07) is 13.3. The molecule has 0 amide bonds. The number of rotatable bonds is 7. The molecule has 0 spiro atoms. The van der Waals surface area contributed by atoms with E-state index in [1.165, 1.54) is 44.9 Å². The van der Waals surface area contributed by atoms with Gasteiger partial charge in [0.05, 0.1) is 38.3 Å². The van der Waals surface area contributed by atoms with Crippen LogP contribution in [0.3, 0.4) is 0 Å². The van der Waals surface area contributed by atoms with Crippen LogP contribution in [0.1, 0.15) is 20.9 Å². The first-order chi connectivity index (χ1) is 15.0. The summed E-state index contributed by atoms with van der Waals surface area (Å²) in [5.74, 6) is 0.271. The van der Waals surface area contributed by atoms with Crippen LogP contribution in [0.2, 0.25) is 0 Å². The van der Waals surface area contributed by atoms with Gasteiger partial charge in [-0.3, -0.25) is 0 Å². The minimum atomic E-state index is -0.550. The molecule has 8 heteroatoms. The molecule has 0 atom stereocenters. The van der Waals surface area contributed by atoms with Crippen molar-refractivity contribution < 1.29 is 19.0 Å². The average Bonchev–Trinajstić information content (AvgIpc) is 3.29. The fraction of sp³-hybridized carbons (Fsp3) is 0.174. The van der Waals surface area contributed by atoms with Gasteiger partial charge < -0.3 is 19.5 Å². The number of aromatic nitrogens is 1. The molecule has 0 bridgehead atoms. The van der Waals surface area contributed by atoms with Crippen LogP contribution in [0.5, 0.6) is 11.5 Å². The van der Waals surface area contributed by atoms with Crippen LogP contribution in [0, 0.1) is 18.3 Å². The number of allylic oxidation sites excluding steroid dienone is 1. The van der Waals surface area contributed by atoms with Crippen molar-refractivity contribution in [3.63, 3.8) is 0 Å². The van der Waals surface area contributed by atoms with E-state index < -0.39 is 5.97 Å². The molecule has 0 aliphatic heterocycles. The second-order valence-corrected chi connectivity index (χ2v) is 7.32. The van der Waals surface area contributed by atoms with Gasteiger partial charge in [-0.1, -0.05) is 29.8 Å². The second kappa shape index (κ2) is 9.78. The number of carbonyl (C=O) groups excluding carboxylic acids is 1. The van der Waals surface area contributed by atoms with E-state index in [4.69, 9.17) is 14.2 Å². The quantitative estimate of drug-likeness (QED) is 0.417. The summed E-state index contributed by atoms with van der Waals surface area (Å²) in [5.41, 5.74) is 3.92. The van der Waals surface area contributed by atoms with Crippen LogP contribution >= 0.6 is 11.3 Å². The minimum Gasteiger partial charge on any atom is -0.493 e. The zero-order chi connectivity index (χ0) is 22.4. The van der Waals surface area contributed by atoms with Crippen molar-refractivity contribution in [1.29, 1.82) is 5.26 Å². The fourth-order valence-electron chi connectivity index (χ4n) is 2.82. The number of benzene rings is 2. The second-order valence-electron chi connectivity index (χ2n) is 6.46. The fourth-order valence-corrected chi connectivity index (χ4v) is 3.62. The molecule has 2 aromatic carbocycles. The van der Waals surface area contributed by atoms with Crippen molar-refractivity contribution in [1.82, 2.24) is 4.98 Å². The molecule has 0 radical (unpaired) electrons. The number of hydrogen-bond acceptors (Lipinski definition) is 8. The summed E-state index contributed by atoms with van der Waals surface area (Å²) in [4.78, 5) is 16.8. The van der Waals surface area contributed by atoms with E-state index in [0.717, 1.165) is 16.8 Å². The van der Waals surface area contributed by atoms with E-state index in [2.05, 4.69) is 16.4 Å². The van der Waals surface area contributed by atoms with Crippen molar-refractivity contribution in [2.24, 2.45) is 0 Å². The Hall–Kier alpha value is -3.83. The molecule has 0 saturated carbocycles. The number of methoxy groups -OCH3 is 3. The summed E-state index contributed by atoms with van der Waals surface area (Å²) in [5, 5.41) is 15.1. The molecule has 0 unspecified atom stereocenters. The minimum absolute atomic E-state index is 0.244. The zero-order valence-electron chi connectivity index (χ0n) is 17.6. The van der Waals surface area contributed by atoms with Crippen molar-refractivity contribution in [3.05, 3.63) is 64.1 Å². The highest BCUT2D eigenvalue weighted by molar-refractivity contribution is 7.11. The number of esters is 1. The molecular formula is C23H21N3O4S. The van der Waals surface area contributed by atoms with Gasteiger partial charge >= 0.3 is 5.97 Å². The first-order valence-electron chi connectivity index (χ1n) is 9.24. The van der Waals surface area contributed by atoms with E-state index in [0.29, 0.717) is 27.8 Å². The first-order valence-corrected chi connectivity index (χ1v) is 10.1. The number of aryl methyl sites for hydroxylation is 1. The van der Waals surface area contributed by atoms with E-state index >= 15 is 0 Å². The Morgan fingerprint density at radius 3 is 2.42 bits per heavy atom. The Kier molecular flexibility index (Phi) is 6.90. The number of carbonyl (C=O) groups is 1. The molecule has 7 nitrogen and oxygen atoms in total. The molecule has 158 valence electrons. The molecule has 0 saturated heterocycles. The van der Waals surface area contributed by atoms with Crippen LogP contribution in [0.4, 0.5) is 5.69 Å². The monoisotopic (exact) mass is 435 g/mol. The molecule has 3 rings (SSSR count). The smallest absolute Gasteiger partial charge is 0.340 e. The van der Waals surface area contributed by atoms with Gasteiger partial charge in [-0.2, -0.15) is 5.26 Å². The third-order valence-electron chi connectivity index (χ3n) is 4.50. The van der Waals surface area contributed by atoms with Crippen LogP contribution in [0.15, 0.2) is 48.0 Å². The van der Waals surface area contributed by atoms with Gasteiger partial charge in [0.25, 0.3) is 0 Å². The Morgan fingerprint density at radius 1 is 1.13 bits per heavy atom. The standard InChI is InChI=1S/C23H21N3O4S/c1-14-5-7-15(8-6-14)19-13-31-22(26-19)16(11-24)12-25-18-10-21(29-3)20(28-2)9-17(18)23(27)30-4/h5-10,12-13,25H,1-4H3. The Morgan fingerprint density at radius 2 is 1.81 bits per heavy atom. The number of nitrogens with one attached hydrogen (secondary N) is 1. The lowest BCUT2D eigenvalue weighted by Crippen LogP contribution is -2.07. The van der Waals surface area contributed by atoms with Crippen LogP contribution in [-0.4, -0.2) is 32.3 Å². The lowest BCUT2D eigenvalue weighted by molar-refractivity contribution is 0.0601. The SMILES string of the molecule is COC(=O)c1cc(OC)c(OC)cc1NC=C(C#N)c1nc(-c2ccc(C)cc2)cs1. The van der Waals surface area contributed by atoms with Gasteiger partial charge in [0.1, 0.15) is 16.6 Å². The predicted octanol–water partition coefficient (Wildman–Crippen LogP) is 4.90. The number of thiazole rings is 1.